The van der Waals surface area contributed by atoms with Crippen LogP contribution in [0.4, 0.5) is 34.1 Å². The quantitative estimate of drug-likeness (QED) is 0.155. The molecule has 0 bridgehead atoms. The van der Waals surface area contributed by atoms with Gasteiger partial charge in [0, 0.05) is 45.0 Å². The summed E-state index contributed by atoms with van der Waals surface area (Å²) < 4.78 is 14.4. The predicted molar refractivity (Wildman–Crippen MR) is 299 cm³/mol. The highest BCUT2D eigenvalue weighted by atomic mass is 16.5. The van der Waals surface area contributed by atoms with E-state index >= 15 is 0 Å². The molecule has 4 nitrogen and oxygen atoms in total. The van der Waals surface area contributed by atoms with E-state index in [9.17, 15) is 0 Å². The van der Waals surface area contributed by atoms with Crippen molar-refractivity contribution in [2.75, 3.05) is 9.80 Å². The first-order valence-corrected chi connectivity index (χ1v) is 25.5. The molecule has 0 saturated carbocycles. The van der Waals surface area contributed by atoms with Crippen molar-refractivity contribution in [2.24, 2.45) is 0 Å². The van der Waals surface area contributed by atoms with Crippen LogP contribution in [0.25, 0.3) is 0 Å². The highest BCUT2D eigenvalue weighted by molar-refractivity contribution is 6.99. The van der Waals surface area contributed by atoms with E-state index < -0.39 is 5.41 Å². The zero-order valence-corrected chi connectivity index (χ0v) is 45.0. The van der Waals surface area contributed by atoms with Crippen molar-refractivity contribution >= 4 is 57.2 Å². The van der Waals surface area contributed by atoms with Crippen LogP contribution in [0.3, 0.4) is 0 Å². The van der Waals surface area contributed by atoms with Gasteiger partial charge in [-0.1, -0.05) is 166 Å². The molecule has 0 fully saturated rings. The van der Waals surface area contributed by atoms with Gasteiger partial charge in [0.15, 0.2) is 0 Å². The van der Waals surface area contributed by atoms with Gasteiger partial charge in [0.25, 0.3) is 6.71 Å². The van der Waals surface area contributed by atoms with E-state index in [1.807, 2.05) is 0 Å². The Kier molecular flexibility index (Phi) is 10.8. The van der Waals surface area contributed by atoms with E-state index in [0.29, 0.717) is 0 Å². The largest absolute Gasteiger partial charge is 0.458 e. The minimum atomic E-state index is -0.575. The van der Waals surface area contributed by atoms with Crippen LogP contribution in [0, 0.1) is 0 Å². The molecule has 0 N–H and O–H groups in total. The Morgan fingerprint density at radius 2 is 0.600 bits per heavy atom. The molecule has 0 spiro atoms. The molecule has 7 aromatic carbocycles. The van der Waals surface area contributed by atoms with Crippen LogP contribution in [0.5, 0.6) is 23.0 Å². The molecular weight excluding hydrogens is 852 g/mol. The third kappa shape index (κ3) is 7.93. The summed E-state index contributed by atoms with van der Waals surface area (Å²) in [4.78, 5) is 4.99. The Morgan fingerprint density at radius 1 is 0.329 bits per heavy atom. The van der Waals surface area contributed by atoms with E-state index in [-0.39, 0.29) is 33.8 Å². The Bertz CT molecular complexity index is 2840. The van der Waals surface area contributed by atoms with Gasteiger partial charge in [0.1, 0.15) is 23.0 Å². The molecule has 10 rings (SSSR count). The summed E-state index contributed by atoms with van der Waals surface area (Å²) >= 11 is 0. The SMILES string of the molecule is CC(C)(C)c1ccc(N(c2ccc(C(C)(C)C)cc2)c2ccc3c4c2C(C)(C)c2c(N(c5ccc(C(C)(C)C)cc5)c5ccc(C(C)(C)C)cc5)ccc5c2B4c2c(cc(C(C)(C)C)cc2O5)O3)cc1. The Labute approximate surface area is 420 Å². The molecule has 0 amide bonds. The molecule has 0 saturated heterocycles. The molecule has 0 unspecified atom stereocenters. The summed E-state index contributed by atoms with van der Waals surface area (Å²) in [6, 6.07) is 50.7. The summed E-state index contributed by atoms with van der Waals surface area (Å²) in [7, 11) is 0. The lowest BCUT2D eigenvalue weighted by atomic mass is 9.29. The summed E-state index contributed by atoms with van der Waals surface area (Å²) in [5, 5.41) is 0. The summed E-state index contributed by atoms with van der Waals surface area (Å²) in [5.74, 6) is 3.56. The van der Waals surface area contributed by atoms with Crippen LogP contribution < -0.4 is 35.7 Å². The Hall–Kier alpha value is -6.20. The summed E-state index contributed by atoms with van der Waals surface area (Å²) in [6.45, 7) is 39.0. The number of ether oxygens (including phenoxy) is 2. The van der Waals surface area contributed by atoms with Crippen molar-refractivity contribution < 1.29 is 9.47 Å². The highest BCUT2D eigenvalue weighted by Crippen LogP contribution is 2.54. The third-order valence-corrected chi connectivity index (χ3v) is 15.3. The van der Waals surface area contributed by atoms with Crippen LogP contribution in [0.1, 0.15) is 157 Å². The number of benzene rings is 7. The molecule has 358 valence electrons. The molecule has 3 aliphatic heterocycles. The zero-order chi connectivity index (χ0) is 50.2. The number of anilines is 6. The van der Waals surface area contributed by atoms with Gasteiger partial charge in [-0.25, -0.2) is 0 Å². The lowest BCUT2D eigenvalue weighted by Gasteiger charge is -2.48. The Balaban J connectivity index is 1.29. The molecule has 5 heteroatoms. The zero-order valence-electron chi connectivity index (χ0n) is 45.0. The minimum absolute atomic E-state index is 0.0136. The van der Waals surface area contributed by atoms with Crippen molar-refractivity contribution in [3.05, 3.63) is 172 Å². The monoisotopic (exact) mass is 925 g/mol. The number of hydrogen-bond donors (Lipinski definition) is 0. The number of nitrogens with zero attached hydrogens (tertiary/aromatic N) is 2. The summed E-state index contributed by atoms with van der Waals surface area (Å²) in [6.07, 6.45) is 0. The normalized spacial score (nSPS) is 14.7. The van der Waals surface area contributed by atoms with Crippen LogP contribution in [-0.4, -0.2) is 6.71 Å². The number of rotatable bonds is 6. The van der Waals surface area contributed by atoms with Crippen molar-refractivity contribution in [2.45, 2.75) is 150 Å². The van der Waals surface area contributed by atoms with Gasteiger partial charge in [-0.05, 0) is 162 Å². The topological polar surface area (TPSA) is 24.9 Å². The van der Waals surface area contributed by atoms with Crippen LogP contribution in [-0.2, 0) is 32.5 Å². The fraction of sp³-hybridized carbons (Fsp3) is 0.354. The van der Waals surface area contributed by atoms with Gasteiger partial charge < -0.3 is 19.3 Å². The van der Waals surface area contributed by atoms with E-state index in [1.165, 1.54) is 49.9 Å². The molecule has 3 heterocycles. The molecule has 0 aromatic heterocycles. The lowest BCUT2D eigenvalue weighted by Crippen LogP contribution is -2.64. The van der Waals surface area contributed by atoms with Crippen molar-refractivity contribution in [1.82, 2.24) is 0 Å². The highest BCUT2D eigenvalue weighted by Gasteiger charge is 2.53. The molecule has 3 aliphatic rings. The van der Waals surface area contributed by atoms with E-state index in [0.717, 1.165) is 62.6 Å². The molecule has 0 radical (unpaired) electrons. The van der Waals surface area contributed by atoms with Gasteiger partial charge >= 0.3 is 0 Å². The summed E-state index contributed by atoms with van der Waals surface area (Å²) in [5.41, 5.74) is 18.5. The van der Waals surface area contributed by atoms with Gasteiger partial charge in [0.05, 0.1) is 0 Å². The maximum atomic E-state index is 7.22. The van der Waals surface area contributed by atoms with Gasteiger partial charge in [-0.3, -0.25) is 0 Å². The molecule has 0 aliphatic carbocycles. The standard InChI is InChI=1S/C65H73BN2O2/c1-60(2,3)40-18-26-45(27-19-40)67(46-28-20-41(21-29-46)61(4,5)6)49-34-36-51-58-55(49)65(16,17)56-50(35-37-52-59(56)66(58)57-53(69-51)38-44(64(13,14)15)39-54(57)70-52)68(47-30-22-42(23-31-47)62(7,8)9)48-32-24-43(25-33-48)63(10,11)12/h18-39H,1-17H3. The average Bonchev–Trinajstić information content (AvgIpc) is 3.27. The first-order chi connectivity index (χ1) is 32.6. The maximum Gasteiger partial charge on any atom is 0.261 e. The van der Waals surface area contributed by atoms with Crippen LogP contribution in [0.2, 0.25) is 0 Å². The number of hydrogen-bond acceptors (Lipinski definition) is 4. The molecular formula is C65H73BN2O2. The van der Waals surface area contributed by atoms with Crippen molar-refractivity contribution in [1.29, 1.82) is 0 Å². The Morgan fingerprint density at radius 3 is 0.857 bits per heavy atom. The fourth-order valence-corrected chi connectivity index (χ4v) is 11.2. The fourth-order valence-electron chi connectivity index (χ4n) is 11.2. The third-order valence-electron chi connectivity index (χ3n) is 15.3. The minimum Gasteiger partial charge on any atom is -0.458 e. The average molecular weight is 925 g/mol. The first kappa shape index (κ1) is 47.5. The van der Waals surface area contributed by atoms with Crippen LogP contribution in [0.15, 0.2) is 133 Å². The maximum absolute atomic E-state index is 7.22. The van der Waals surface area contributed by atoms with Gasteiger partial charge in [-0.2, -0.15) is 0 Å². The second kappa shape index (κ2) is 15.9. The van der Waals surface area contributed by atoms with Crippen LogP contribution >= 0.6 is 0 Å². The van der Waals surface area contributed by atoms with E-state index in [4.69, 9.17) is 9.47 Å². The predicted octanol–water partition coefficient (Wildman–Crippen LogP) is 16.5. The smallest absolute Gasteiger partial charge is 0.261 e. The lowest BCUT2D eigenvalue weighted by molar-refractivity contribution is 0.454. The first-order valence-electron chi connectivity index (χ1n) is 25.5. The molecule has 7 aromatic rings. The van der Waals surface area contributed by atoms with Crippen molar-refractivity contribution in [3.63, 3.8) is 0 Å². The molecule has 70 heavy (non-hydrogen) atoms. The van der Waals surface area contributed by atoms with E-state index in [2.05, 4.69) is 261 Å². The van der Waals surface area contributed by atoms with Gasteiger partial charge in [0.2, 0.25) is 0 Å². The second-order valence-electron chi connectivity index (χ2n) is 26.0. The van der Waals surface area contributed by atoms with Gasteiger partial charge in [-0.15, -0.1) is 0 Å². The van der Waals surface area contributed by atoms with Crippen molar-refractivity contribution in [3.8, 4) is 23.0 Å². The second-order valence-corrected chi connectivity index (χ2v) is 26.0. The van der Waals surface area contributed by atoms with E-state index in [1.54, 1.807) is 0 Å². The molecule has 0 atom stereocenters.